The third-order valence-electron chi connectivity index (χ3n) is 2.55. The number of hydrogen-bond acceptors (Lipinski definition) is 4. The molecule has 1 aromatic heterocycles. The average molecular weight is 272 g/mol. The van der Waals surface area contributed by atoms with Gasteiger partial charge in [-0.1, -0.05) is 12.7 Å². The Morgan fingerprint density at radius 1 is 1.40 bits per heavy atom. The van der Waals surface area contributed by atoms with E-state index in [9.17, 15) is 9.59 Å². The maximum atomic E-state index is 11.4. The second kappa shape index (κ2) is 5.83. The minimum absolute atomic E-state index is 0.0986. The zero-order valence-corrected chi connectivity index (χ0v) is 10.5. The zero-order valence-electron chi connectivity index (χ0n) is 10.5. The van der Waals surface area contributed by atoms with Crippen molar-refractivity contribution >= 4 is 28.7 Å². The van der Waals surface area contributed by atoms with Gasteiger partial charge in [0.1, 0.15) is 6.61 Å². The summed E-state index contributed by atoms with van der Waals surface area (Å²) in [5.41, 5.74) is 1.09. The number of carbonyl (C=O) groups is 2. The summed E-state index contributed by atoms with van der Waals surface area (Å²) in [6.45, 7) is 3.53. The van der Waals surface area contributed by atoms with Crippen LogP contribution in [0.2, 0.25) is 0 Å². The van der Waals surface area contributed by atoms with Gasteiger partial charge in [0.25, 0.3) is 0 Å². The molecule has 2 rings (SSSR count). The van der Waals surface area contributed by atoms with Crippen LogP contribution in [0.1, 0.15) is 10.4 Å². The second-order valence-electron chi connectivity index (χ2n) is 3.91. The number of aromatic nitrogens is 1. The van der Waals surface area contributed by atoms with Crippen LogP contribution in [-0.2, 0) is 4.74 Å². The number of pyridine rings is 1. The van der Waals surface area contributed by atoms with Crippen molar-refractivity contribution in [1.82, 2.24) is 4.98 Å². The summed E-state index contributed by atoms with van der Waals surface area (Å²) in [5, 5.41) is 12.1. The van der Waals surface area contributed by atoms with E-state index >= 15 is 0 Å². The number of amides is 1. The Kier molecular flexibility index (Phi) is 3.95. The van der Waals surface area contributed by atoms with Crippen LogP contribution in [-0.4, -0.2) is 28.8 Å². The first kappa shape index (κ1) is 13.5. The van der Waals surface area contributed by atoms with Crippen LogP contribution in [0.5, 0.6) is 0 Å². The number of aromatic carboxylic acids is 1. The minimum atomic E-state index is -1.05. The highest BCUT2D eigenvalue weighted by molar-refractivity contribution is 6.03. The number of anilines is 1. The van der Waals surface area contributed by atoms with E-state index in [4.69, 9.17) is 9.84 Å². The lowest BCUT2D eigenvalue weighted by molar-refractivity contribution is 0.0699. The molecular weight excluding hydrogens is 260 g/mol. The highest BCUT2D eigenvalue weighted by Crippen LogP contribution is 2.21. The van der Waals surface area contributed by atoms with E-state index in [2.05, 4.69) is 16.9 Å². The molecule has 0 radical (unpaired) electrons. The molecule has 2 N–H and O–H groups in total. The van der Waals surface area contributed by atoms with Crippen molar-refractivity contribution in [2.45, 2.75) is 0 Å². The number of rotatable bonds is 4. The summed E-state index contributed by atoms with van der Waals surface area (Å²) in [7, 11) is 0. The summed E-state index contributed by atoms with van der Waals surface area (Å²) in [6, 6.07) is 6.20. The van der Waals surface area contributed by atoms with Gasteiger partial charge in [-0.2, -0.15) is 0 Å². The average Bonchev–Trinajstić information content (AvgIpc) is 2.44. The number of carboxylic acid groups (broad SMARTS) is 1. The van der Waals surface area contributed by atoms with Crippen LogP contribution >= 0.6 is 0 Å². The van der Waals surface area contributed by atoms with Crippen molar-refractivity contribution in [3.8, 4) is 0 Å². The van der Waals surface area contributed by atoms with Crippen LogP contribution in [0, 0.1) is 0 Å². The summed E-state index contributed by atoms with van der Waals surface area (Å²) in [4.78, 5) is 26.6. The third-order valence-corrected chi connectivity index (χ3v) is 2.55. The third kappa shape index (κ3) is 2.92. The zero-order chi connectivity index (χ0) is 14.5. The largest absolute Gasteiger partial charge is 0.478 e. The molecule has 0 fully saturated rings. The van der Waals surface area contributed by atoms with Gasteiger partial charge in [-0.15, -0.1) is 0 Å². The van der Waals surface area contributed by atoms with Gasteiger partial charge in [-0.25, -0.2) is 9.59 Å². The van der Waals surface area contributed by atoms with Crippen molar-refractivity contribution in [3.63, 3.8) is 0 Å². The van der Waals surface area contributed by atoms with Gasteiger partial charge < -0.3 is 9.84 Å². The number of carboxylic acids is 1. The number of nitrogens with one attached hydrogen (secondary N) is 1. The van der Waals surface area contributed by atoms with Gasteiger partial charge in [-0.3, -0.25) is 10.3 Å². The van der Waals surface area contributed by atoms with E-state index in [-0.39, 0.29) is 12.2 Å². The smallest absolute Gasteiger partial charge is 0.411 e. The van der Waals surface area contributed by atoms with Crippen molar-refractivity contribution in [2.24, 2.45) is 0 Å². The van der Waals surface area contributed by atoms with Crippen LogP contribution in [0.4, 0.5) is 10.5 Å². The molecule has 0 atom stereocenters. The summed E-state index contributed by atoms with van der Waals surface area (Å²) in [5.74, 6) is -1.05. The molecule has 0 aliphatic rings. The van der Waals surface area contributed by atoms with Crippen LogP contribution in [0.3, 0.4) is 0 Å². The summed E-state index contributed by atoms with van der Waals surface area (Å²) >= 11 is 0. The fraction of sp³-hybridized carbons (Fsp3) is 0.0714. The summed E-state index contributed by atoms with van der Waals surface area (Å²) < 4.78 is 4.78. The predicted octanol–water partition coefficient (Wildman–Crippen LogP) is 2.67. The quantitative estimate of drug-likeness (QED) is 0.835. The fourth-order valence-electron chi connectivity index (χ4n) is 1.70. The maximum Gasteiger partial charge on any atom is 0.411 e. The maximum absolute atomic E-state index is 11.4. The monoisotopic (exact) mass is 272 g/mol. The highest BCUT2D eigenvalue weighted by Gasteiger charge is 2.10. The number of ether oxygens (including phenoxy) is 1. The first-order valence-corrected chi connectivity index (χ1v) is 5.78. The molecule has 0 unspecified atom stereocenters. The van der Waals surface area contributed by atoms with Crippen molar-refractivity contribution in [2.75, 3.05) is 11.9 Å². The molecule has 1 amide bonds. The molecule has 6 nitrogen and oxygen atoms in total. The molecule has 0 saturated heterocycles. The van der Waals surface area contributed by atoms with Gasteiger partial charge in [0.05, 0.1) is 11.1 Å². The number of carbonyl (C=O) groups excluding carboxylic acids is 1. The topological polar surface area (TPSA) is 88.5 Å². The highest BCUT2D eigenvalue weighted by atomic mass is 16.5. The number of nitrogens with zero attached hydrogens (tertiary/aromatic N) is 1. The van der Waals surface area contributed by atoms with Crippen molar-refractivity contribution < 1.29 is 19.4 Å². The van der Waals surface area contributed by atoms with Gasteiger partial charge >= 0.3 is 12.1 Å². The Bertz CT molecular complexity index is 682. The molecule has 1 aromatic carbocycles. The lowest BCUT2D eigenvalue weighted by Gasteiger charge is -2.07. The molecule has 20 heavy (non-hydrogen) atoms. The molecule has 0 saturated carbocycles. The van der Waals surface area contributed by atoms with Crippen LogP contribution in [0.25, 0.3) is 10.9 Å². The Morgan fingerprint density at radius 3 is 2.90 bits per heavy atom. The van der Waals surface area contributed by atoms with Crippen LogP contribution in [0.15, 0.2) is 43.1 Å². The van der Waals surface area contributed by atoms with Gasteiger partial charge in [0, 0.05) is 17.3 Å². The van der Waals surface area contributed by atoms with Crippen LogP contribution < -0.4 is 5.32 Å². The lowest BCUT2D eigenvalue weighted by Crippen LogP contribution is -2.13. The Hall–Kier alpha value is -2.89. The minimum Gasteiger partial charge on any atom is -0.478 e. The van der Waals surface area contributed by atoms with Crippen molar-refractivity contribution in [1.29, 1.82) is 0 Å². The van der Waals surface area contributed by atoms with E-state index in [0.29, 0.717) is 16.6 Å². The normalized spacial score (nSPS) is 10.0. The van der Waals surface area contributed by atoms with Crippen molar-refractivity contribution in [3.05, 3.63) is 48.7 Å². The molecular formula is C14H12N2O4. The molecule has 0 bridgehead atoms. The standard InChI is InChI=1S/C14H12N2O4/c1-2-7-20-14(19)16-9-3-4-12-11(8-9)10(13(17)18)5-6-15-12/h2-6,8H,1,7H2,(H,16,19)(H,17,18). The first-order valence-electron chi connectivity index (χ1n) is 5.78. The Morgan fingerprint density at radius 2 is 2.20 bits per heavy atom. The molecule has 0 aliphatic carbocycles. The number of benzene rings is 1. The summed E-state index contributed by atoms with van der Waals surface area (Å²) in [6.07, 6.45) is 2.24. The van der Waals surface area contributed by atoms with Gasteiger partial charge in [0.15, 0.2) is 0 Å². The van der Waals surface area contributed by atoms with E-state index in [1.54, 1.807) is 18.2 Å². The molecule has 102 valence electrons. The number of hydrogen-bond donors (Lipinski definition) is 2. The molecule has 6 heteroatoms. The number of fused-ring (bicyclic) bond motifs is 1. The van der Waals surface area contributed by atoms with E-state index < -0.39 is 12.1 Å². The Balaban J connectivity index is 2.32. The molecule has 2 aromatic rings. The molecule has 0 aliphatic heterocycles. The molecule has 1 heterocycles. The van der Waals surface area contributed by atoms with E-state index in [1.807, 2.05) is 0 Å². The second-order valence-corrected chi connectivity index (χ2v) is 3.91. The first-order chi connectivity index (χ1) is 9.61. The predicted molar refractivity (Wildman–Crippen MR) is 73.9 cm³/mol. The van der Waals surface area contributed by atoms with E-state index in [0.717, 1.165) is 0 Å². The fourth-order valence-corrected chi connectivity index (χ4v) is 1.70. The Labute approximate surface area is 114 Å². The lowest BCUT2D eigenvalue weighted by atomic mass is 10.1. The van der Waals surface area contributed by atoms with E-state index in [1.165, 1.54) is 18.3 Å². The molecule has 0 spiro atoms. The van der Waals surface area contributed by atoms with Gasteiger partial charge in [0.2, 0.25) is 0 Å². The van der Waals surface area contributed by atoms with Gasteiger partial charge in [-0.05, 0) is 24.3 Å². The SMILES string of the molecule is C=CCOC(=O)Nc1ccc2nccc(C(=O)O)c2c1.